The summed E-state index contributed by atoms with van der Waals surface area (Å²) in [6, 6.07) is 12.9. The minimum absolute atomic E-state index is 0.0798. The Hall–Kier alpha value is -3.35. The van der Waals surface area contributed by atoms with Gasteiger partial charge in [-0.2, -0.15) is 0 Å². The summed E-state index contributed by atoms with van der Waals surface area (Å²) in [4.78, 5) is 25.0. The predicted octanol–water partition coefficient (Wildman–Crippen LogP) is 5.15. The fourth-order valence-corrected chi connectivity index (χ4v) is 3.76. The third kappa shape index (κ3) is 5.46. The van der Waals surface area contributed by atoms with Crippen LogP contribution in [0.3, 0.4) is 0 Å². The van der Waals surface area contributed by atoms with E-state index in [4.69, 9.17) is 9.47 Å². The lowest BCUT2D eigenvalue weighted by atomic mass is 9.93. The number of unbranched alkanes of at least 4 members (excludes halogenated alkanes) is 1. The molecule has 1 aromatic heterocycles. The minimum atomic E-state index is -0.989. The number of fused-ring (bicyclic) bond motifs is 1. The lowest BCUT2D eigenvalue weighted by Gasteiger charge is -2.22. The highest BCUT2D eigenvalue weighted by molar-refractivity contribution is 5.87. The van der Waals surface area contributed by atoms with Crippen LogP contribution < -0.4 is 5.32 Å². The molecular formula is C25H29FN2O4. The van der Waals surface area contributed by atoms with Crippen LogP contribution in [0.1, 0.15) is 43.7 Å². The van der Waals surface area contributed by atoms with E-state index in [9.17, 15) is 14.0 Å². The monoisotopic (exact) mass is 440 g/mol. The summed E-state index contributed by atoms with van der Waals surface area (Å²) in [5.41, 5.74) is 2.48. The third-order valence-electron chi connectivity index (χ3n) is 5.56. The Balaban J connectivity index is 1.84. The number of carbonyl (C=O) groups is 2. The molecule has 0 aliphatic rings. The van der Waals surface area contributed by atoms with Crippen molar-refractivity contribution in [2.75, 3.05) is 7.11 Å². The maximum atomic E-state index is 14.0. The van der Waals surface area contributed by atoms with Gasteiger partial charge in [0.2, 0.25) is 0 Å². The maximum Gasteiger partial charge on any atom is 0.408 e. The molecular weight excluding hydrogens is 411 g/mol. The number of esters is 1. The number of ether oxygens (including phenoxy) is 2. The number of hydrogen-bond donors (Lipinski definition) is 1. The smallest absolute Gasteiger partial charge is 0.408 e. The van der Waals surface area contributed by atoms with Gasteiger partial charge in [0.15, 0.2) is 0 Å². The molecule has 7 heteroatoms. The van der Waals surface area contributed by atoms with Gasteiger partial charge in [0.1, 0.15) is 18.5 Å². The third-order valence-corrected chi connectivity index (χ3v) is 5.56. The van der Waals surface area contributed by atoms with Gasteiger partial charge in [0.25, 0.3) is 0 Å². The summed E-state index contributed by atoms with van der Waals surface area (Å²) < 4.78 is 26.3. The average molecular weight is 441 g/mol. The zero-order valence-electron chi connectivity index (χ0n) is 18.6. The zero-order chi connectivity index (χ0) is 23.1. The Morgan fingerprint density at radius 2 is 1.91 bits per heavy atom. The second kappa shape index (κ2) is 10.8. The van der Waals surface area contributed by atoms with Crippen LogP contribution in [0.15, 0.2) is 54.7 Å². The normalized spacial score (nSPS) is 12.9. The molecule has 0 spiro atoms. The van der Waals surface area contributed by atoms with E-state index in [1.165, 1.54) is 19.2 Å². The quantitative estimate of drug-likeness (QED) is 0.467. The number of alkyl carbamates (subject to hydrolysis) is 1. The van der Waals surface area contributed by atoms with Gasteiger partial charge in [-0.1, -0.05) is 50.6 Å². The van der Waals surface area contributed by atoms with Crippen LogP contribution >= 0.6 is 0 Å². The molecule has 0 radical (unpaired) electrons. The molecule has 3 rings (SSSR count). The van der Waals surface area contributed by atoms with E-state index in [0.29, 0.717) is 5.39 Å². The van der Waals surface area contributed by atoms with Crippen molar-refractivity contribution < 1.29 is 23.5 Å². The molecule has 2 atom stereocenters. The van der Waals surface area contributed by atoms with Crippen molar-refractivity contribution >= 4 is 23.0 Å². The van der Waals surface area contributed by atoms with Crippen LogP contribution in [0, 0.1) is 5.82 Å². The number of carbonyl (C=O) groups excluding carboxylic acids is 2. The number of benzene rings is 2. The number of methoxy groups -OCH3 is 1. The van der Waals surface area contributed by atoms with Crippen LogP contribution in [-0.4, -0.2) is 29.8 Å². The Labute approximate surface area is 187 Å². The molecule has 2 aromatic carbocycles. The number of hydrogen-bond acceptors (Lipinski definition) is 4. The lowest BCUT2D eigenvalue weighted by Crippen LogP contribution is -2.45. The first-order valence-corrected chi connectivity index (χ1v) is 10.8. The van der Waals surface area contributed by atoms with Crippen molar-refractivity contribution in [3.05, 3.63) is 71.7 Å². The van der Waals surface area contributed by atoms with Crippen LogP contribution in [0.25, 0.3) is 10.9 Å². The SMILES string of the molecule is CCCCn1cc([C@@H](C)[C@@H](NC(=O)OCc2ccccc2)C(=O)OC)c2cc(F)ccc21. The maximum absolute atomic E-state index is 14.0. The van der Waals surface area contributed by atoms with E-state index < -0.39 is 24.0 Å². The van der Waals surface area contributed by atoms with Crippen molar-refractivity contribution in [3.63, 3.8) is 0 Å². The average Bonchev–Trinajstić information content (AvgIpc) is 3.17. The molecule has 1 heterocycles. The first-order chi connectivity index (χ1) is 15.4. The fraction of sp³-hybridized carbons (Fsp3) is 0.360. The van der Waals surface area contributed by atoms with Crippen LogP contribution in [0.5, 0.6) is 0 Å². The summed E-state index contributed by atoms with van der Waals surface area (Å²) in [7, 11) is 1.27. The molecule has 0 aliphatic carbocycles. The number of halogens is 1. The topological polar surface area (TPSA) is 69.6 Å². The van der Waals surface area contributed by atoms with Crippen LogP contribution in [-0.2, 0) is 27.4 Å². The highest BCUT2D eigenvalue weighted by atomic mass is 19.1. The highest BCUT2D eigenvalue weighted by Crippen LogP contribution is 2.31. The molecule has 3 aromatic rings. The van der Waals surface area contributed by atoms with Gasteiger partial charge in [0.05, 0.1) is 7.11 Å². The number of aryl methyl sites for hydroxylation is 1. The van der Waals surface area contributed by atoms with Gasteiger partial charge in [0, 0.05) is 29.6 Å². The van der Waals surface area contributed by atoms with Crippen molar-refractivity contribution in [1.82, 2.24) is 9.88 Å². The molecule has 6 nitrogen and oxygen atoms in total. The van der Waals surface area contributed by atoms with Gasteiger partial charge in [-0.3, -0.25) is 0 Å². The minimum Gasteiger partial charge on any atom is -0.467 e. The summed E-state index contributed by atoms with van der Waals surface area (Å²) in [5, 5.41) is 3.34. The molecule has 0 aliphatic heterocycles. The van der Waals surface area contributed by atoms with E-state index >= 15 is 0 Å². The van der Waals surface area contributed by atoms with Gasteiger partial charge in [-0.25, -0.2) is 14.0 Å². The Morgan fingerprint density at radius 1 is 1.16 bits per heavy atom. The molecule has 0 unspecified atom stereocenters. The van der Waals surface area contributed by atoms with Crippen molar-refractivity contribution in [2.45, 2.75) is 51.8 Å². The van der Waals surface area contributed by atoms with Crippen molar-refractivity contribution in [3.8, 4) is 0 Å². The lowest BCUT2D eigenvalue weighted by molar-refractivity contribution is -0.143. The number of rotatable bonds is 9. The fourth-order valence-electron chi connectivity index (χ4n) is 3.76. The second-order valence-corrected chi connectivity index (χ2v) is 7.79. The van der Waals surface area contributed by atoms with Crippen LogP contribution in [0.2, 0.25) is 0 Å². The van der Waals surface area contributed by atoms with Gasteiger partial charge in [-0.05, 0) is 35.7 Å². The number of nitrogens with one attached hydrogen (secondary N) is 1. The standard InChI is InChI=1S/C25H29FN2O4/c1-4-5-13-28-15-21(20-14-19(26)11-12-22(20)28)17(2)23(24(29)31-3)27-25(30)32-16-18-9-7-6-8-10-18/h6-12,14-15,17,23H,4-5,13,16H2,1-3H3,(H,27,30)/t17-,23-/m1/s1. The van der Waals surface area contributed by atoms with E-state index in [1.54, 1.807) is 6.07 Å². The highest BCUT2D eigenvalue weighted by Gasteiger charge is 2.31. The molecule has 1 amide bonds. The Kier molecular flexibility index (Phi) is 7.87. The molecule has 1 N–H and O–H groups in total. The molecule has 0 saturated heterocycles. The Morgan fingerprint density at radius 3 is 2.59 bits per heavy atom. The number of amides is 1. The van der Waals surface area contributed by atoms with E-state index in [2.05, 4.69) is 16.8 Å². The van der Waals surface area contributed by atoms with Gasteiger partial charge in [-0.15, -0.1) is 0 Å². The zero-order valence-corrected chi connectivity index (χ0v) is 18.6. The first-order valence-electron chi connectivity index (χ1n) is 10.8. The summed E-state index contributed by atoms with van der Waals surface area (Å²) in [6.45, 7) is 4.77. The summed E-state index contributed by atoms with van der Waals surface area (Å²) in [6.07, 6.45) is 3.19. The predicted molar refractivity (Wildman–Crippen MR) is 121 cm³/mol. The molecule has 32 heavy (non-hydrogen) atoms. The number of nitrogens with zero attached hydrogens (tertiary/aromatic N) is 1. The second-order valence-electron chi connectivity index (χ2n) is 7.79. The van der Waals surface area contributed by atoms with Gasteiger partial charge < -0.3 is 19.4 Å². The van der Waals surface area contributed by atoms with E-state index in [1.807, 2.05) is 43.5 Å². The molecule has 0 saturated carbocycles. The van der Waals surface area contributed by atoms with E-state index in [0.717, 1.165) is 36.0 Å². The first kappa shape index (κ1) is 23.3. The molecule has 0 fully saturated rings. The van der Waals surface area contributed by atoms with Gasteiger partial charge >= 0.3 is 12.1 Å². The summed E-state index contributed by atoms with van der Waals surface area (Å²) in [5.74, 6) is -1.43. The van der Waals surface area contributed by atoms with Crippen LogP contribution in [0.4, 0.5) is 9.18 Å². The van der Waals surface area contributed by atoms with Crippen molar-refractivity contribution in [1.29, 1.82) is 0 Å². The van der Waals surface area contributed by atoms with Crippen molar-refractivity contribution in [2.24, 2.45) is 0 Å². The molecule has 170 valence electrons. The Bertz CT molecular complexity index is 1060. The largest absolute Gasteiger partial charge is 0.467 e. The van der Waals surface area contributed by atoms with E-state index in [-0.39, 0.29) is 12.4 Å². The summed E-state index contributed by atoms with van der Waals surface area (Å²) >= 11 is 0. The number of aromatic nitrogens is 1. The molecule has 0 bridgehead atoms.